The Morgan fingerprint density at radius 1 is 1.25 bits per heavy atom. The molecule has 0 bridgehead atoms. The molecular weight excluding hydrogens is 328 g/mol. The van der Waals surface area contributed by atoms with Crippen molar-refractivity contribution in [3.63, 3.8) is 0 Å². The van der Waals surface area contributed by atoms with Crippen molar-refractivity contribution >= 4 is 21.6 Å². The smallest absolute Gasteiger partial charge is 0.241 e. The third kappa shape index (κ3) is 4.79. The molecule has 1 amide bonds. The summed E-state index contributed by atoms with van der Waals surface area (Å²) in [5.74, 6) is -0.449. The number of sulfonamides is 1. The van der Waals surface area contributed by atoms with Gasteiger partial charge in [-0.25, -0.2) is 8.42 Å². The summed E-state index contributed by atoms with van der Waals surface area (Å²) in [6.45, 7) is -0.137. The van der Waals surface area contributed by atoms with Gasteiger partial charge in [-0.3, -0.25) is 14.1 Å². The van der Waals surface area contributed by atoms with Crippen molar-refractivity contribution in [3.05, 3.63) is 59.9 Å². The highest BCUT2D eigenvalue weighted by atomic mass is 32.2. The highest BCUT2D eigenvalue weighted by molar-refractivity contribution is 7.92. The summed E-state index contributed by atoms with van der Waals surface area (Å²) >= 11 is 0. The fraction of sp³-hybridized carbons (Fsp3) is 0.188. The monoisotopic (exact) mass is 344 g/mol. The van der Waals surface area contributed by atoms with Gasteiger partial charge in [0.25, 0.3) is 0 Å². The van der Waals surface area contributed by atoms with Crippen LogP contribution in [0, 0.1) is 11.3 Å². The van der Waals surface area contributed by atoms with E-state index >= 15 is 0 Å². The third-order valence-corrected chi connectivity index (χ3v) is 4.31. The SMILES string of the molecule is CS(=O)(=O)N(CC(=O)NCc1ccccn1)c1ccc(C#N)cc1. The molecular formula is C16H16N4O3S. The zero-order valence-corrected chi connectivity index (χ0v) is 13.8. The molecule has 0 saturated carbocycles. The number of carbonyl (C=O) groups excluding carboxylic acids is 1. The van der Waals surface area contributed by atoms with Crippen LogP contribution >= 0.6 is 0 Å². The molecule has 2 rings (SSSR count). The number of hydrogen-bond donors (Lipinski definition) is 1. The van der Waals surface area contributed by atoms with Gasteiger partial charge >= 0.3 is 0 Å². The van der Waals surface area contributed by atoms with Gasteiger partial charge in [0.15, 0.2) is 0 Å². The zero-order valence-electron chi connectivity index (χ0n) is 13.0. The maximum Gasteiger partial charge on any atom is 0.241 e. The fourth-order valence-corrected chi connectivity index (χ4v) is 2.84. The Morgan fingerprint density at radius 3 is 2.50 bits per heavy atom. The van der Waals surface area contributed by atoms with Gasteiger partial charge in [0.1, 0.15) is 6.54 Å². The van der Waals surface area contributed by atoms with Gasteiger partial charge in [-0.1, -0.05) is 6.07 Å². The van der Waals surface area contributed by atoms with E-state index < -0.39 is 15.9 Å². The molecule has 0 atom stereocenters. The van der Waals surface area contributed by atoms with E-state index in [9.17, 15) is 13.2 Å². The Hall–Kier alpha value is -2.92. The van der Waals surface area contributed by atoms with Crippen molar-refractivity contribution < 1.29 is 13.2 Å². The number of aromatic nitrogens is 1. The molecule has 0 aliphatic rings. The minimum atomic E-state index is -3.64. The molecule has 7 nitrogen and oxygen atoms in total. The average Bonchev–Trinajstić information content (AvgIpc) is 2.58. The van der Waals surface area contributed by atoms with E-state index in [1.165, 1.54) is 24.3 Å². The van der Waals surface area contributed by atoms with Crippen molar-refractivity contribution in [1.29, 1.82) is 5.26 Å². The van der Waals surface area contributed by atoms with Crippen molar-refractivity contribution in [3.8, 4) is 6.07 Å². The van der Waals surface area contributed by atoms with Crippen LogP contribution in [0.2, 0.25) is 0 Å². The molecule has 1 heterocycles. The number of anilines is 1. The summed E-state index contributed by atoms with van der Waals surface area (Å²) in [6, 6.07) is 13.3. The standard InChI is InChI=1S/C16H16N4O3S/c1-24(22,23)20(15-7-5-13(10-17)6-8-15)12-16(21)19-11-14-4-2-3-9-18-14/h2-9H,11-12H2,1H3,(H,19,21). The van der Waals surface area contributed by atoms with Crippen LogP contribution in [-0.4, -0.2) is 32.1 Å². The first-order valence-electron chi connectivity index (χ1n) is 7.04. The molecule has 0 saturated heterocycles. The lowest BCUT2D eigenvalue weighted by atomic mass is 10.2. The number of pyridine rings is 1. The average molecular weight is 344 g/mol. The number of nitriles is 1. The molecule has 24 heavy (non-hydrogen) atoms. The lowest BCUT2D eigenvalue weighted by Crippen LogP contribution is -2.40. The van der Waals surface area contributed by atoms with Gasteiger partial charge in [-0.15, -0.1) is 0 Å². The van der Waals surface area contributed by atoms with Crippen LogP contribution in [0.25, 0.3) is 0 Å². The molecule has 0 unspecified atom stereocenters. The van der Waals surface area contributed by atoms with E-state index in [0.29, 0.717) is 16.9 Å². The van der Waals surface area contributed by atoms with E-state index in [4.69, 9.17) is 5.26 Å². The molecule has 0 aliphatic heterocycles. The van der Waals surface area contributed by atoms with Gasteiger partial charge < -0.3 is 5.32 Å². The highest BCUT2D eigenvalue weighted by Crippen LogP contribution is 2.17. The first kappa shape index (κ1) is 17.4. The lowest BCUT2D eigenvalue weighted by Gasteiger charge is -2.21. The minimum Gasteiger partial charge on any atom is -0.349 e. The van der Waals surface area contributed by atoms with Gasteiger partial charge in [0.05, 0.1) is 35.8 Å². The number of amides is 1. The number of nitrogens with zero attached hydrogens (tertiary/aromatic N) is 3. The summed E-state index contributed by atoms with van der Waals surface area (Å²) < 4.78 is 24.9. The number of nitrogens with one attached hydrogen (secondary N) is 1. The van der Waals surface area contributed by atoms with Gasteiger partial charge in [-0.2, -0.15) is 5.26 Å². The molecule has 1 aromatic carbocycles. The molecule has 2 aromatic rings. The molecule has 124 valence electrons. The van der Waals surface area contributed by atoms with Gasteiger partial charge in [0.2, 0.25) is 15.9 Å². The summed E-state index contributed by atoms with van der Waals surface area (Å²) in [4.78, 5) is 16.2. The topological polar surface area (TPSA) is 103 Å². The second-order valence-electron chi connectivity index (χ2n) is 5.03. The fourth-order valence-electron chi connectivity index (χ4n) is 1.98. The molecule has 0 aliphatic carbocycles. The lowest BCUT2D eigenvalue weighted by molar-refractivity contribution is -0.119. The summed E-state index contributed by atoms with van der Waals surface area (Å²) in [5.41, 5.74) is 1.41. The maximum absolute atomic E-state index is 12.1. The summed E-state index contributed by atoms with van der Waals surface area (Å²) in [5, 5.41) is 11.4. The number of rotatable bonds is 6. The minimum absolute atomic E-state index is 0.213. The summed E-state index contributed by atoms with van der Waals surface area (Å²) in [7, 11) is -3.64. The zero-order chi connectivity index (χ0) is 17.6. The third-order valence-electron chi connectivity index (χ3n) is 3.16. The molecule has 1 N–H and O–H groups in total. The van der Waals surface area contributed by atoms with Crippen LogP contribution in [0.4, 0.5) is 5.69 Å². The van der Waals surface area contributed by atoms with Gasteiger partial charge in [-0.05, 0) is 36.4 Å². The maximum atomic E-state index is 12.1. The largest absolute Gasteiger partial charge is 0.349 e. The second kappa shape index (κ2) is 7.57. The number of carbonyl (C=O) groups is 1. The van der Waals surface area contributed by atoms with E-state index in [2.05, 4.69) is 10.3 Å². The summed E-state index contributed by atoms with van der Waals surface area (Å²) in [6.07, 6.45) is 2.64. The van der Waals surface area contributed by atoms with Crippen molar-refractivity contribution in [2.45, 2.75) is 6.54 Å². The Morgan fingerprint density at radius 2 is 1.96 bits per heavy atom. The molecule has 0 radical (unpaired) electrons. The van der Waals surface area contributed by atoms with Crippen LogP contribution in [-0.2, 0) is 21.4 Å². The van der Waals surface area contributed by atoms with E-state index in [1.807, 2.05) is 6.07 Å². The van der Waals surface area contributed by atoms with Crippen LogP contribution in [0.1, 0.15) is 11.3 Å². The predicted molar refractivity (Wildman–Crippen MR) is 89.4 cm³/mol. The van der Waals surface area contributed by atoms with Crippen LogP contribution < -0.4 is 9.62 Å². The van der Waals surface area contributed by atoms with Crippen LogP contribution in [0.3, 0.4) is 0 Å². The normalized spacial score (nSPS) is 10.7. The van der Waals surface area contributed by atoms with E-state index in [-0.39, 0.29) is 13.1 Å². The Kier molecular flexibility index (Phi) is 5.50. The second-order valence-corrected chi connectivity index (χ2v) is 6.93. The van der Waals surface area contributed by atoms with Crippen LogP contribution in [0.5, 0.6) is 0 Å². The predicted octanol–water partition coefficient (Wildman–Crippen LogP) is 1.04. The Bertz CT molecular complexity index is 843. The number of hydrogen-bond acceptors (Lipinski definition) is 5. The van der Waals surface area contributed by atoms with Crippen LogP contribution in [0.15, 0.2) is 48.7 Å². The van der Waals surface area contributed by atoms with Crippen molar-refractivity contribution in [2.75, 3.05) is 17.1 Å². The first-order valence-corrected chi connectivity index (χ1v) is 8.89. The number of benzene rings is 1. The molecule has 8 heteroatoms. The van der Waals surface area contributed by atoms with Gasteiger partial charge in [0, 0.05) is 6.20 Å². The van der Waals surface area contributed by atoms with E-state index in [0.717, 1.165) is 10.6 Å². The van der Waals surface area contributed by atoms with Crippen molar-refractivity contribution in [2.24, 2.45) is 0 Å². The highest BCUT2D eigenvalue weighted by Gasteiger charge is 2.20. The Balaban J connectivity index is 2.08. The Labute approximate surface area is 140 Å². The molecule has 0 fully saturated rings. The van der Waals surface area contributed by atoms with Crippen molar-refractivity contribution in [1.82, 2.24) is 10.3 Å². The molecule has 1 aromatic heterocycles. The first-order chi connectivity index (χ1) is 11.4. The molecule has 0 spiro atoms. The quantitative estimate of drug-likeness (QED) is 0.843. The van der Waals surface area contributed by atoms with E-state index in [1.54, 1.807) is 24.4 Å².